The average Bonchev–Trinajstić information content (AvgIpc) is 2.92. The van der Waals surface area contributed by atoms with Gasteiger partial charge in [0, 0.05) is 11.3 Å². The van der Waals surface area contributed by atoms with Crippen LogP contribution < -0.4 is 10.9 Å². The Bertz CT molecular complexity index is 1030. The third kappa shape index (κ3) is 3.18. The van der Waals surface area contributed by atoms with Crippen molar-refractivity contribution in [2.24, 2.45) is 0 Å². The van der Waals surface area contributed by atoms with E-state index >= 15 is 0 Å². The highest BCUT2D eigenvalue weighted by molar-refractivity contribution is 5.95. The van der Waals surface area contributed by atoms with Crippen LogP contribution in [0.5, 0.6) is 0 Å². The van der Waals surface area contributed by atoms with E-state index in [4.69, 9.17) is 4.52 Å². The van der Waals surface area contributed by atoms with Gasteiger partial charge in [-0.05, 0) is 45.0 Å². The molecule has 0 atom stereocenters. The van der Waals surface area contributed by atoms with Crippen molar-refractivity contribution in [1.82, 2.24) is 14.7 Å². The van der Waals surface area contributed by atoms with E-state index in [2.05, 4.69) is 15.5 Å². The molecule has 1 aromatic carbocycles. The Hall–Kier alpha value is -3.29. The molecule has 0 bridgehead atoms. The first kappa shape index (κ1) is 16.6. The number of carbonyl (C=O) groups is 2. The predicted octanol–water partition coefficient (Wildman–Crippen LogP) is 1.84. The summed E-state index contributed by atoms with van der Waals surface area (Å²) in [5.74, 6) is -0.0738. The number of aromatic nitrogens is 3. The summed E-state index contributed by atoms with van der Waals surface area (Å²) in [5.41, 5.74) is 1.32. The molecule has 0 saturated carbocycles. The van der Waals surface area contributed by atoms with Crippen LogP contribution in [0.2, 0.25) is 0 Å². The maximum Gasteiger partial charge on any atom is 0.267 e. The second-order valence-corrected chi connectivity index (χ2v) is 5.68. The van der Waals surface area contributed by atoms with Crippen molar-refractivity contribution < 1.29 is 14.1 Å². The molecule has 2 aromatic heterocycles. The van der Waals surface area contributed by atoms with Crippen LogP contribution in [-0.2, 0) is 11.3 Å². The zero-order valence-corrected chi connectivity index (χ0v) is 14.0. The summed E-state index contributed by atoms with van der Waals surface area (Å²) < 4.78 is 6.26. The second kappa shape index (κ2) is 6.31. The Balaban J connectivity index is 1.83. The normalized spacial score (nSPS) is 10.8. The third-order valence-corrected chi connectivity index (χ3v) is 3.83. The highest BCUT2D eigenvalue weighted by Gasteiger charge is 2.16. The van der Waals surface area contributed by atoms with Gasteiger partial charge in [0.25, 0.3) is 11.3 Å². The summed E-state index contributed by atoms with van der Waals surface area (Å²) in [5, 5.41) is 6.69. The topological polar surface area (TPSA) is 107 Å². The zero-order valence-electron chi connectivity index (χ0n) is 14.0. The quantitative estimate of drug-likeness (QED) is 0.726. The molecule has 0 radical (unpaired) electrons. The van der Waals surface area contributed by atoms with Gasteiger partial charge in [-0.15, -0.1) is 0 Å². The lowest BCUT2D eigenvalue weighted by molar-refractivity contribution is -0.116. The van der Waals surface area contributed by atoms with E-state index in [0.717, 1.165) is 0 Å². The smallest absolute Gasteiger partial charge is 0.267 e. The number of carbonyl (C=O) groups excluding carboxylic acids is 2. The number of rotatable bonds is 4. The van der Waals surface area contributed by atoms with Gasteiger partial charge in [0.15, 0.2) is 5.78 Å². The first-order chi connectivity index (χ1) is 11.9. The standard InChI is InChI=1S/C17H16N4O4/c1-9-15-16(25-20-9)18-11(3)21(17(15)24)8-14(23)19-13-6-4-12(5-7-13)10(2)22/h4-7H,8H2,1-3H3,(H,19,23). The molecule has 8 nitrogen and oxygen atoms in total. The number of aryl methyl sites for hydroxylation is 2. The maximum atomic E-state index is 12.5. The summed E-state index contributed by atoms with van der Waals surface area (Å²) in [7, 11) is 0. The van der Waals surface area contributed by atoms with E-state index in [-0.39, 0.29) is 34.9 Å². The fraction of sp³-hybridized carbons (Fsp3) is 0.235. The van der Waals surface area contributed by atoms with E-state index in [1.165, 1.54) is 11.5 Å². The largest absolute Gasteiger partial charge is 0.335 e. The molecule has 0 saturated heterocycles. The minimum Gasteiger partial charge on any atom is -0.335 e. The number of hydrogen-bond donors (Lipinski definition) is 1. The van der Waals surface area contributed by atoms with E-state index in [0.29, 0.717) is 22.8 Å². The molecule has 128 valence electrons. The number of amides is 1. The van der Waals surface area contributed by atoms with Crippen molar-refractivity contribution in [3.63, 3.8) is 0 Å². The van der Waals surface area contributed by atoms with Crippen molar-refractivity contribution in [1.29, 1.82) is 0 Å². The van der Waals surface area contributed by atoms with Crippen LogP contribution in [0.4, 0.5) is 5.69 Å². The summed E-state index contributed by atoms with van der Waals surface area (Å²) in [6.45, 7) is 4.55. The molecule has 0 unspecified atom stereocenters. The molecule has 8 heteroatoms. The zero-order chi connectivity index (χ0) is 18.1. The number of anilines is 1. The van der Waals surface area contributed by atoms with Crippen molar-refractivity contribution >= 4 is 28.5 Å². The van der Waals surface area contributed by atoms with Crippen molar-refractivity contribution in [2.75, 3.05) is 5.32 Å². The lowest BCUT2D eigenvalue weighted by Gasteiger charge is -2.10. The Labute approximate surface area is 142 Å². The molecule has 3 rings (SSSR count). The van der Waals surface area contributed by atoms with Crippen LogP contribution in [0, 0.1) is 13.8 Å². The molecule has 1 amide bonds. The van der Waals surface area contributed by atoms with Gasteiger partial charge in [-0.2, -0.15) is 4.98 Å². The van der Waals surface area contributed by atoms with Gasteiger partial charge in [0.05, 0.1) is 5.69 Å². The highest BCUT2D eigenvalue weighted by atomic mass is 16.5. The first-order valence-electron chi connectivity index (χ1n) is 7.61. The predicted molar refractivity (Wildman–Crippen MR) is 90.6 cm³/mol. The molecule has 1 N–H and O–H groups in total. The molecule has 0 fully saturated rings. The number of Topliss-reactive ketones (excluding diaryl/α,β-unsaturated/α-hetero) is 1. The molecular weight excluding hydrogens is 324 g/mol. The van der Waals surface area contributed by atoms with Crippen LogP contribution in [0.15, 0.2) is 33.6 Å². The van der Waals surface area contributed by atoms with Crippen LogP contribution in [-0.4, -0.2) is 26.4 Å². The highest BCUT2D eigenvalue weighted by Crippen LogP contribution is 2.13. The monoisotopic (exact) mass is 340 g/mol. The molecule has 0 aliphatic carbocycles. The summed E-state index contributed by atoms with van der Waals surface area (Å²) >= 11 is 0. The number of fused-ring (bicyclic) bond motifs is 1. The van der Waals surface area contributed by atoms with Gasteiger partial charge >= 0.3 is 0 Å². The number of nitrogens with one attached hydrogen (secondary N) is 1. The minimum absolute atomic E-state index is 0.0523. The minimum atomic E-state index is -0.379. The molecule has 0 spiro atoms. The van der Waals surface area contributed by atoms with Gasteiger partial charge in [0.2, 0.25) is 5.91 Å². The Morgan fingerprint density at radius 3 is 2.52 bits per heavy atom. The van der Waals surface area contributed by atoms with Gasteiger partial charge in [-0.3, -0.25) is 19.0 Å². The Morgan fingerprint density at radius 1 is 1.20 bits per heavy atom. The SMILES string of the molecule is CC(=O)c1ccc(NC(=O)Cn2c(C)nc3onc(C)c3c2=O)cc1. The summed E-state index contributed by atoms with van der Waals surface area (Å²) in [6.07, 6.45) is 0. The average molecular weight is 340 g/mol. The van der Waals surface area contributed by atoms with Crippen LogP contribution in [0.1, 0.15) is 28.8 Å². The Morgan fingerprint density at radius 2 is 1.88 bits per heavy atom. The van der Waals surface area contributed by atoms with Gasteiger partial charge in [-0.1, -0.05) is 5.16 Å². The molecule has 0 aliphatic rings. The lowest BCUT2D eigenvalue weighted by atomic mass is 10.1. The Kier molecular flexibility index (Phi) is 4.18. The van der Waals surface area contributed by atoms with Crippen molar-refractivity contribution in [2.45, 2.75) is 27.3 Å². The molecular formula is C17H16N4O4. The van der Waals surface area contributed by atoms with Crippen LogP contribution in [0.25, 0.3) is 11.1 Å². The van der Waals surface area contributed by atoms with Crippen molar-refractivity contribution in [3.05, 3.63) is 51.7 Å². The van der Waals surface area contributed by atoms with Gasteiger partial charge in [0.1, 0.15) is 17.8 Å². The second-order valence-electron chi connectivity index (χ2n) is 5.68. The molecule has 0 aliphatic heterocycles. The van der Waals surface area contributed by atoms with E-state index in [9.17, 15) is 14.4 Å². The summed E-state index contributed by atoms with van der Waals surface area (Å²) in [4.78, 5) is 40.2. The van der Waals surface area contributed by atoms with Gasteiger partial charge < -0.3 is 9.84 Å². The maximum absolute atomic E-state index is 12.5. The van der Waals surface area contributed by atoms with Crippen molar-refractivity contribution in [3.8, 4) is 0 Å². The lowest BCUT2D eigenvalue weighted by Crippen LogP contribution is -2.30. The number of hydrogen-bond acceptors (Lipinski definition) is 6. The molecule has 2 heterocycles. The first-order valence-corrected chi connectivity index (χ1v) is 7.61. The summed E-state index contributed by atoms with van der Waals surface area (Å²) in [6, 6.07) is 6.53. The van der Waals surface area contributed by atoms with Gasteiger partial charge in [-0.25, -0.2) is 0 Å². The number of ketones is 1. The molecule has 3 aromatic rings. The van der Waals surface area contributed by atoms with E-state index < -0.39 is 0 Å². The van der Waals surface area contributed by atoms with Crippen LogP contribution in [0.3, 0.4) is 0 Å². The fourth-order valence-electron chi connectivity index (χ4n) is 2.49. The molecule has 25 heavy (non-hydrogen) atoms. The number of benzene rings is 1. The number of nitrogens with zero attached hydrogens (tertiary/aromatic N) is 3. The fourth-order valence-corrected chi connectivity index (χ4v) is 2.49. The van der Waals surface area contributed by atoms with E-state index in [1.54, 1.807) is 38.1 Å². The third-order valence-electron chi connectivity index (χ3n) is 3.83. The van der Waals surface area contributed by atoms with Crippen LogP contribution >= 0.6 is 0 Å². The van der Waals surface area contributed by atoms with E-state index in [1.807, 2.05) is 0 Å².